The number of fused-ring (bicyclic) bond motifs is 1. The highest BCUT2D eigenvalue weighted by Crippen LogP contribution is 2.44. The van der Waals surface area contributed by atoms with Crippen LogP contribution in [0.2, 0.25) is 0 Å². The highest BCUT2D eigenvalue weighted by Gasteiger charge is 2.34. The van der Waals surface area contributed by atoms with Gasteiger partial charge in [0.2, 0.25) is 0 Å². The van der Waals surface area contributed by atoms with E-state index in [1.807, 2.05) is 0 Å². The molecule has 31 heavy (non-hydrogen) atoms. The lowest BCUT2D eigenvalue weighted by molar-refractivity contribution is 0.0512. The van der Waals surface area contributed by atoms with Gasteiger partial charge in [-0.15, -0.1) is 0 Å². The SMILES string of the molecule is [2H]C([2H])([2H])c1c(O)c(C([2H])([2H])[2H])c(C([2H])([2H])[2H])c2c1CC[C@](CCC[C@H](C)CCC[C@H](C)CCCC(C)C)(C([2H])([2H])[2H])O2. The molecule has 1 aliphatic heterocycles. The van der Waals surface area contributed by atoms with E-state index in [0.717, 1.165) is 25.7 Å². The average Bonchev–Trinajstić information content (AvgIpc) is 2.80. The van der Waals surface area contributed by atoms with Crippen LogP contribution >= 0.6 is 0 Å². The van der Waals surface area contributed by atoms with Gasteiger partial charge in [0.25, 0.3) is 0 Å². The third kappa shape index (κ3) is 7.43. The Hall–Kier alpha value is -1.18. The molecule has 1 N–H and O–H groups in total. The Bertz CT molecular complexity index is 1070. The number of phenols is 1. The zero-order valence-electron chi connectivity index (χ0n) is 31.9. The van der Waals surface area contributed by atoms with Crippen molar-refractivity contribution >= 4 is 0 Å². The number of aromatic hydroxyl groups is 1. The molecule has 0 saturated heterocycles. The first-order valence-electron chi connectivity index (χ1n) is 18.0. The van der Waals surface area contributed by atoms with Crippen LogP contribution in [0.1, 0.15) is 137 Å². The molecule has 0 unspecified atom stereocenters. The molecule has 2 heteroatoms. The summed E-state index contributed by atoms with van der Waals surface area (Å²) in [6, 6.07) is 0. The molecular formula is C29H50O2. The highest BCUT2D eigenvalue weighted by atomic mass is 16.5. The second-order valence-electron chi connectivity index (χ2n) is 10.2. The quantitative estimate of drug-likeness (QED) is 0.350. The van der Waals surface area contributed by atoms with Crippen LogP contribution in [0.25, 0.3) is 0 Å². The van der Waals surface area contributed by atoms with E-state index in [-0.39, 0.29) is 24.8 Å². The summed E-state index contributed by atoms with van der Waals surface area (Å²) in [6.45, 7) is -3.14. The monoisotopic (exact) mass is 442 g/mol. The number of benzene rings is 1. The number of ether oxygens (including phenoxy) is 1. The predicted molar refractivity (Wildman–Crippen MR) is 134 cm³/mol. The van der Waals surface area contributed by atoms with E-state index < -0.39 is 61.2 Å². The Morgan fingerprint density at radius 1 is 0.871 bits per heavy atom. The van der Waals surface area contributed by atoms with Gasteiger partial charge >= 0.3 is 0 Å². The van der Waals surface area contributed by atoms with Gasteiger partial charge in [-0.25, -0.2) is 0 Å². The minimum absolute atomic E-state index is 0.0619. The Balaban J connectivity index is 2.34. The zero-order chi connectivity index (χ0) is 33.2. The van der Waals surface area contributed by atoms with Crippen LogP contribution in [-0.2, 0) is 6.42 Å². The van der Waals surface area contributed by atoms with Crippen LogP contribution in [0.5, 0.6) is 11.5 Å². The molecular weight excluding hydrogens is 380 g/mol. The van der Waals surface area contributed by atoms with Gasteiger partial charge < -0.3 is 9.84 Å². The Morgan fingerprint density at radius 2 is 1.48 bits per heavy atom. The van der Waals surface area contributed by atoms with Crippen molar-refractivity contribution in [3.8, 4) is 11.5 Å². The molecule has 0 aliphatic carbocycles. The van der Waals surface area contributed by atoms with Crippen LogP contribution in [0.15, 0.2) is 0 Å². The summed E-state index contributed by atoms with van der Waals surface area (Å²) in [6.07, 6.45) is 7.88. The van der Waals surface area contributed by atoms with Crippen molar-refractivity contribution in [1.29, 1.82) is 0 Å². The summed E-state index contributed by atoms with van der Waals surface area (Å²) in [5, 5.41) is 10.9. The highest BCUT2D eigenvalue weighted by molar-refractivity contribution is 5.58. The van der Waals surface area contributed by atoms with Crippen LogP contribution in [0, 0.1) is 38.3 Å². The van der Waals surface area contributed by atoms with Crippen molar-refractivity contribution in [2.45, 2.75) is 131 Å². The van der Waals surface area contributed by atoms with Crippen molar-refractivity contribution in [1.82, 2.24) is 0 Å². The van der Waals surface area contributed by atoms with Crippen LogP contribution < -0.4 is 4.74 Å². The van der Waals surface area contributed by atoms with Gasteiger partial charge in [-0.1, -0.05) is 72.6 Å². The summed E-state index contributed by atoms with van der Waals surface area (Å²) < 4.78 is 103. The number of hydrogen-bond acceptors (Lipinski definition) is 2. The number of phenolic OH excluding ortho intramolecular Hbond substituents is 1. The third-order valence-electron chi connectivity index (χ3n) is 6.75. The van der Waals surface area contributed by atoms with Crippen molar-refractivity contribution in [3.63, 3.8) is 0 Å². The molecule has 2 nitrogen and oxygen atoms in total. The average molecular weight is 443 g/mol. The molecule has 1 aliphatic rings. The van der Waals surface area contributed by atoms with Crippen LogP contribution in [-0.4, -0.2) is 10.7 Å². The van der Waals surface area contributed by atoms with Gasteiger partial charge in [0, 0.05) is 22.0 Å². The molecule has 1 heterocycles. The molecule has 0 radical (unpaired) electrons. The summed E-state index contributed by atoms with van der Waals surface area (Å²) in [7, 11) is 0. The van der Waals surface area contributed by atoms with Crippen LogP contribution in [0.4, 0.5) is 0 Å². The first-order valence-corrected chi connectivity index (χ1v) is 12.0. The van der Waals surface area contributed by atoms with Crippen molar-refractivity contribution in [3.05, 3.63) is 22.3 Å². The van der Waals surface area contributed by atoms with E-state index in [4.69, 9.17) is 21.2 Å². The molecule has 0 bridgehead atoms. The van der Waals surface area contributed by atoms with E-state index in [9.17, 15) is 5.11 Å². The number of hydrogen-bond donors (Lipinski definition) is 1. The van der Waals surface area contributed by atoms with Gasteiger partial charge in [-0.2, -0.15) is 0 Å². The van der Waals surface area contributed by atoms with Gasteiger partial charge in [-0.05, 0) is 87.5 Å². The largest absolute Gasteiger partial charge is 0.507 e. The van der Waals surface area contributed by atoms with Gasteiger partial charge in [0.15, 0.2) is 0 Å². The fourth-order valence-electron chi connectivity index (χ4n) is 4.58. The van der Waals surface area contributed by atoms with Crippen molar-refractivity contribution in [2.75, 3.05) is 0 Å². The molecule has 0 aromatic heterocycles. The summed E-state index contributed by atoms with van der Waals surface area (Å²) in [5.41, 5.74) is -4.59. The predicted octanol–water partition coefficient (Wildman–Crippen LogP) is 8.84. The lowest BCUT2D eigenvalue weighted by Gasteiger charge is -2.38. The first-order chi connectivity index (χ1) is 19.4. The molecule has 3 atom stereocenters. The Morgan fingerprint density at radius 3 is 2.06 bits per heavy atom. The second-order valence-corrected chi connectivity index (χ2v) is 10.2. The van der Waals surface area contributed by atoms with Crippen LogP contribution in [0.3, 0.4) is 0 Å². The van der Waals surface area contributed by atoms with E-state index in [2.05, 4.69) is 27.7 Å². The molecule has 0 amide bonds. The van der Waals surface area contributed by atoms with E-state index in [0.29, 0.717) is 24.2 Å². The molecule has 1 aromatic rings. The first kappa shape index (κ1) is 13.5. The fourth-order valence-corrected chi connectivity index (χ4v) is 4.58. The molecule has 1 aromatic carbocycles. The van der Waals surface area contributed by atoms with Gasteiger partial charge in [0.1, 0.15) is 17.1 Å². The maximum atomic E-state index is 10.9. The molecule has 178 valence electrons. The smallest absolute Gasteiger partial charge is 0.127 e. The fraction of sp³-hybridized carbons (Fsp3) is 0.793. The van der Waals surface area contributed by atoms with E-state index >= 15 is 0 Å². The maximum absolute atomic E-state index is 10.9. The lowest BCUT2D eigenvalue weighted by Crippen LogP contribution is -2.37. The van der Waals surface area contributed by atoms with E-state index in [1.54, 1.807) is 0 Å². The third-order valence-corrected chi connectivity index (χ3v) is 6.75. The molecule has 0 saturated carbocycles. The summed E-state index contributed by atoms with van der Waals surface area (Å²) in [4.78, 5) is 0. The van der Waals surface area contributed by atoms with Gasteiger partial charge in [0.05, 0.1) is 0 Å². The molecule has 0 spiro atoms. The van der Waals surface area contributed by atoms with Crippen molar-refractivity contribution < 1.29 is 26.3 Å². The lowest BCUT2D eigenvalue weighted by atomic mass is 9.84. The Labute approximate surface area is 210 Å². The normalized spacial score (nSPS) is 27.8. The molecule has 2 rings (SSSR count). The minimum Gasteiger partial charge on any atom is -0.507 e. The standard InChI is InChI=1S/C29H50O2/c1-20(2)12-9-13-21(3)14-10-15-22(4)16-11-18-29(8)19-17-26-25(7)27(30)23(5)24(6)28(26)31-29/h20-22,30H,9-19H2,1-8H3/t21-,22-,29-/m1/s1/i5D3,6D3,7D3,8D3. The number of rotatable bonds is 12. The zero-order valence-corrected chi connectivity index (χ0v) is 19.9. The Kier molecular flexibility index (Phi) is 5.06. The van der Waals surface area contributed by atoms with Crippen molar-refractivity contribution in [2.24, 2.45) is 17.8 Å². The topological polar surface area (TPSA) is 29.5 Å². The van der Waals surface area contributed by atoms with E-state index in [1.165, 1.54) is 19.3 Å². The maximum Gasteiger partial charge on any atom is 0.127 e. The minimum atomic E-state index is -3.20. The molecule has 0 fully saturated rings. The summed E-state index contributed by atoms with van der Waals surface area (Å²) in [5.74, 6) is 0.0276. The summed E-state index contributed by atoms with van der Waals surface area (Å²) >= 11 is 0. The second kappa shape index (κ2) is 11.6. The van der Waals surface area contributed by atoms with Gasteiger partial charge in [-0.3, -0.25) is 0 Å².